The summed E-state index contributed by atoms with van der Waals surface area (Å²) in [4.78, 5) is 15.5. The van der Waals surface area contributed by atoms with Crippen molar-refractivity contribution in [1.29, 1.82) is 0 Å². The van der Waals surface area contributed by atoms with Gasteiger partial charge in [-0.3, -0.25) is 9.69 Å². The molecular formula is C26H25N3O2. The minimum Gasteiger partial charge on any atom is -0.492 e. The van der Waals surface area contributed by atoms with Gasteiger partial charge in [-0.25, -0.2) is 4.68 Å². The van der Waals surface area contributed by atoms with Crippen LogP contribution >= 0.6 is 0 Å². The molecule has 0 N–H and O–H groups in total. The Bertz CT molecular complexity index is 1330. The summed E-state index contributed by atoms with van der Waals surface area (Å²) in [6, 6.07) is 22.2. The third-order valence-electron chi connectivity index (χ3n) is 5.88. The Kier molecular flexibility index (Phi) is 5.04. The van der Waals surface area contributed by atoms with Crippen LogP contribution < -0.4 is 10.3 Å². The van der Waals surface area contributed by atoms with Crippen LogP contribution in [0.25, 0.3) is 22.0 Å². The molecule has 0 saturated heterocycles. The third kappa shape index (κ3) is 3.73. The molecule has 1 aliphatic heterocycles. The van der Waals surface area contributed by atoms with E-state index in [0.29, 0.717) is 18.7 Å². The van der Waals surface area contributed by atoms with E-state index in [2.05, 4.69) is 43.0 Å². The maximum absolute atomic E-state index is 13.3. The number of benzene rings is 3. The number of rotatable bonds is 3. The van der Waals surface area contributed by atoms with Crippen LogP contribution in [0.4, 0.5) is 0 Å². The van der Waals surface area contributed by atoms with E-state index in [4.69, 9.17) is 9.84 Å². The van der Waals surface area contributed by atoms with Gasteiger partial charge in [-0.05, 0) is 37.6 Å². The lowest BCUT2D eigenvalue weighted by molar-refractivity contribution is 0.175. The molecule has 0 saturated carbocycles. The molecule has 4 aromatic rings. The van der Waals surface area contributed by atoms with Crippen molar-refractivity contribution in [3.05, 3.63) is 93.8 Å². The number of hydrogen-bond donors (Lipinski definition) is 0. The summed E-state index contributed by atoms with van der Waals surface area (Å²) < 4.78 is 7.49. The predicted molar refractivity (Wildman–Crippen MR) is 123 cm³/mol. The number of ether oxygens (including phenoxy) is 1. The van der Waals surface area contributed by atoms with E-state index < -0.39 is 0 Å². The van der Waals surface area contributed by atoms with Gasteiger partial charge in [0, 0.05) is 29.6 Å². The van der Waals surface area contributed by atoms with Gasteiger partial charge in [0.2, 0.25) is 0 Å². The second kappa shape index (κ2) is 8.00. The van der Waals surface area contributed by atoms with Crippen LogP contribution in [-0.2, 0) is 13.2 Å². The molecule has 0 unspecified atom stereocenters. The number of aromatic nitrogens is 2. The monoisotopic (exact) mass is 411 g/mol. The van der Waals surface area contributed by atoms with Crippen molar-refractivity contribution >= 4 is 10.8 Å². The zero-order valence-corrected chi connectivity index (χ0v) is 17.8. The van der Waals surface area contributed by atoms with Crippen LogP contribution in [0.1, 0.15) is 16.7 Å². The van der Waals surface area contributed by atoms with Gasteiger partial charge in [-0.2, -0.15) is 5.10 Å². The summed E-state index contributed by atoms with van der Waals surface area (Å²) in [6.07, 6.45) is 0. The highest BCUT2D eigenvalue weighted by molar-refractivity contribution is 5.94. The normalized spacial score (nSPS) is 14.1. The molecule has 5 heteroatoms. The standard InChI is InChI=1S/C26H25N3O2/c1-18-11-12-19(2)23(15-18)25-21-8-4-5-9-22(21)26(30)29(27-25)17-28-13-14-31-24-10-6-3-7-20(24)16-28/h3-12,15H,13-14,16-17H2,1-2H3. The van der Waals surface area contributed by atoms with Crippen LogP contribution in [-0.4, -0.2) is 27.8 Å². The lowest BCUT2D eigenvalue weighted by Gasteiger charge is -2.21. The average Bonchev–Trinajstić information content (AvgIpc) is 2.99. The van der Waals surface area contributed by atoms with Gasteiger partial charge in [-0.1, -0.05) is 54.1 Å². The molecule has 1 aliphatic rings. The molecule has 3 aromatic carbocycles. The number of hydrogen-bond acceptors (Lipinski definition) is 4. The topological polar surface area (TPSA) is 47.4 Å². The average molecular weight is 412 g/mol. The summed E-state index contributed by atoms with van der Waals surface area (Å²) in [5, 5.41) is 6.46. The number of aryl methyl sites for hydroxylation is 2. The fraction of sp³-hybridized carbons (Fsp3) is 0.231. The predicted octanol–water partition coefficient (Wildman–Crippen LogP) is 4.53. The van der Waals surface area contributed by atoms with Gasteiger partial charge >= 0.3 is 0 Å². The van der Waals surface area contributed by atoms with Crippen molar-refractivity contribution < 1.29 is 4.74 Å². The summed E-state index contributed by atoms with van der Waals surface area (Å²) in [5.41, 5.74) is 5.29. The van der Waals surface area contributed by atoms with Crippen LogP contribution in [0.3, 0.4) is 0 Å². The first-order valence-electron chi connectivity index (χ1n) is 10.6. The lowest BCUT2D eigenvalue weighted by atomic mass is 9.99. The van der Waals surface area contributed by atoms with Gasteiger partial charge in [0.05, 0.1) is 17.7 Å². The van der Waals surface area contributed by atoms with Crippen molar-refractivity contribution in [3.8, 4) is 17.0 Å². The van der Waals surface area contributed by atoms with Crippen molar-refractivity contribution in [1.82, 2.24) is 14.7 Å². The zero-order chi connectivity index (χ0) is 21.4. The highest BCUT2D eigenvalue weighted by Crippen LogP contribution is 2.28. The fourth-order valence-electron chi connectivity index (χ4n) is 4.21. The molecule has 31 heavy (non-hydrogen) atoms. The molecule has 0 atom stereocenters. The van der Waals surface area contributed by atoms with Gasteiger partial charge < -0.3 is 4.74 Å². The molecule has 156 valence electrons. The molecule has 0 aliphatic carbocycles. The van der Waals surface area contributed by atoms with E-state index in [0.717, 1.165) is 46.6 Å². The molecule has 0 bridgehead atoms. The van der Waals surface area contributed by atoms with E-state index in [1.54, 1.807) is 4.68 Å². The van der Waals surface area contributed by atoms with Crippen molar-refractivity contribution in [2.75, 3.05) is 13.2 Å². The summed E-state index contributed by atoms with van der Waals surface area (Å²) >= 11 is 0. The van der Waals surface area contributed by atoms with Crippen molar-refractivity contribution in [2.45, 2.75) is 27.1 Å². The maximum atomic E-state index is 13.3. The molecule has 0 fully saturated rings. The Morgan fingerprint density at radius 1 is 0.968 bits per heavy atom. The van der Waals surface area contributed by atoms with E-state index in [1.807, 2.05) is 42.5 Å². The van der Waals surface area contributed by atoms with Crippen LogP contribution in [0.15, 0.2) is 71.5 Å². The minimum absolute atomic E-state index is 0.0666. The summed E-state index contributed by atoms with van der Waals surface area (Å²) in [5.74, 6) is 0.917. The van der Waals surface area contributed by atoms with Gasteiger partial charge in [-0.15, -0.1) is 0 Å². The minimum atomic E-state index is -0.0666. The highest BCUT2D eigenvalue weighted by atomic mass is 16.5. The number of fused-ring (bicyclic) bond motifs is 2. The lowest BCUT2D eigenvalue weighted by Crippen LogP contribution is -2.35. The van der Waals surface area contributed by atoms with E-state index in [9.17, 15) is 4.79 Å². The van der Waals surface area contributed by atoms with Gasteiger partial charge in [0.1, 0.15) is 12.4 Å². The van der Waals surface area contributed by atoms with Crippen LogP contribution in [0, 0.1) is 13.8 Å². The largest absolute Gasteiger partial charge is 0.492 e. The van der Waals surface area contributed by atoms with Crippen LogP contribution in [0.2, 0.25) is 0 Å². The molecule has 5 rings (SSSR count). The van der Waals surface area contributed by atoms with E-state index >= 15 is 0 Å². The molecule has 1 aromatic heterocycles. The molecule has 2 heterocycles. The SMILES string of the molecule is Cc1ccc(C)c(-c2nn(CN3CCOc4ccccc4C3)c(=O)c3ccccc23)c1. The smallest absolute Gasteiger partial charge is 0.275 e. The third-order valence-corrected chi connectivity index (χ3v) is 5.88. The Labute approximate surface area is 181 Å². The quantitative estimate of drug-likeness (QED) is 0.497. The maximum Gasteiger partial charge on any atom is 0.275 e. The summed E-state index contributed by atoms with van der Waals surface area (Å²) in [7, 11) is 0. The molecule has 5 nitrogen and oxygen atoms in total. The molecule has 0 radical (unpaired) electrons. The number of nitrogens with zero attached hydrogens (tertiary/aromatic N) is 3. The van der Waals surface area contributed by atoms with Crippen molar-refractivity contribution in [3.63, 3.8) is 0 Å². The van der Waals surface area contributed by atoms with Gasteiger partial charge in [0.15, 0.2) is 0 Å². The fourth-order valence-corrected chi connectivity index (χ4v) is 4.21. The Balaban J connectivity index is 1.61. The highest BCUT2D eigenvalue weighted by Gasteiger charge is 2.19. The molecule has 0 amide bonds. The van der Waals surface area contributed by atoms with E-state index in [-0.39, 0.29) is 5.56 Å². The Morgan fingerprint density at radius 2 is 1.74 bits per heavy atom. The Morgan fingerprint density at radius 3 is 2.61 bits per heavy atom. The molecular weight excluding hydrogens is 386 g/mol. The number of para-hydroxylation sites is 1. The van der Waals surface area contributed by atoms with Crippen molar-refractivity contribution in [2.24, 2.45) is 0 Å². The molecule has 0 spiro atoms. The first-order chi connectivity index (χ1) is 15.1. The summed E-state index contributed by atoms with van der Waals surface area (Å²) in [6.45, 7) is 6.62. The second-order valence-electron chi connectivity index (χ2n) is 8.17. The zero-order valence-electron chi connectivity index (χ0n) is 17.8. The first-order valence-corrected chi connectivity index (χ1v) is 10.6. The second-order valence-corrected chi connectivity index (χ2v) is 8.17. The van der Waals surface area contributed by atoms with Crippen LogP contribution in [0.5, 0.6) is 5.75 Å². The first kappa shape index (κ1) is 19.5. The Hall–Kier alpha value is -3.44. The van der Waals surface area contributed by atoms with Gasteiger partial charge in [0.25, 0.3) is 5.56 Å². The van der Waals surface area contributed by atoms with E-state index in [1.165, 1.54) is 5.56 Å².